The molecule has 2 rings (SSSR count). The number of carbonyl (C=O) groups is 1. The molecule has 0 spiro atoms. The van der Waals surface area contributed by atoms with Gasteiger partial charge in [0.25, 0.3) is 5.91 Å². The summed E-state index contributed by atoms with van der Waals surface area (Å²) >= 11 is 0. The first kappa shape index (κ1) is 17.5. The molecule has 0 bridgehead atoms. The van der Waals surface area contributed by atoms with Crippen molar-refractivity contribution in [2.45, 2.75) is 32.2 Å². The van der Waals surface area contributed by atoms with Gasteiger partial charge in [-0.1, -0.05) is 13.0 Å². The Labute approximate surface area is 139 Å². The van der Waals surface area contributed by atoms with Crippen molar-refractivity contribution in [3.05, 3.63) is 42.0 Å². The summed E-state index contributed by atoms with van der Waals surface area (Å²) in [5, 5.41) is 0. The van der Waals surface area contributed by atoms with E-state index in [2.05, 4.69) is 18.5 Å². The summed E-state index contributed by atoms with van der Waals surface area (Å²) in [6.45, 7) is 8.15. The highest BCUT2D eigenvalue weighted by Gasteiger charge is 2.22. The van der Waals surface area contributed by atoms with E-state index in [1.165, 1.54) is 19.3 Å². The first-order valence-electron chi connectivity index (χ1n) is 8.30. The molecule has 0 saturated carbocycles. The quantitative estimate of drug-likeness (QED) is 0.756. The second-order valence-electron chi connectivity index (χ2n) is 6.59. The number of ether oxygens (including phenoxy) is 1. The van der Waals surface area contributed by atoms with Crippen LogP contribution in [0.1, 0.15) is 36.5 Å². The van der Waals surface area contributed by atoms with Crippen molar-refractivity contribution < 1.29 is 9.53 Å². The van der Waals surface area contributed by atoms with Crippen LogP contribution in [-0.4, -0.2) is 55.5 Å². The van der Waals surface area contributed by atoms with Crippen LogP contribution in [0.2, 0.25) is 0 Å². The second-order valence-corrected chi connectivity index (χ2v) is 6.59. The van der Waals surface area contributed by atoms with Crippen molar-refractivity contribution in [1.82, 2.24) is 9.80 Å². The summed E-state index contributed by atoms with van der Waals surface area (Å²) in [5.41, 5.74) is 1.68. The molecule has 0 aromatic heterocycles. The van der Waals surface area contributed by atoms with Crippen LogP contribution in [0.15, 0.2) is 36.4 Å². The van der Waals surface area contributed by atoms with Crippen molar-refractivity contribution >= 4 is 5.91 Å². The fraction of sp³-hybridized carbons (Fsp3) is 0.526. The SMILES string of the molecule is C=C(C)COc1ccc(C(=O)N(C)C[C@H]2CCCCN2C)cc1. The van der Waals surface area contributed by atoms with Crippen LogP contribution in [0.25, 0.3) is 0 Å². The van der Waals surface area contributed by atoms with E-state index in [-0.39, 0.29) is 5.91 Å². The van der Waals surface area contributed by atoms with Crippen LogP contribution < -0.4 is 4.74 Å². The van der Waals surface area contributed by atoms with Gasteiger partial charge >= 0.3 is 0 Å². The first-order valence-corrected chi connectivity index (χ1v) is 8.30. The lowest BCUT2D eigenvalue weighted by Gasteiger charge is -2.35. The van der Waals surface area contributed by atoms with Crippen molar-refractivity contribution in [2.75, 3.05) is 33.8 Å². The molecule has 1 atom stereocenters. The van der Waals surface area contributed by atoms with Gasteiger partial charge in [-0.25, -0.2) is 0 Å². The Morgan fingerprint density at radius 2 is 2.04 bits per heavy atom. The molecule has 1 aliphatic rings. The lowest BCUT2D eigenvalue weighted by molar-refractivity contribution is 0.0717. The molecule has 126 valence electrons. The number of piperidine rings is 1. The number of benzene rings is 1. The maximum absolute atomic E-state index is 12.6. The standard InChI is InChI=1S/C19H28N2O2/c1-15(2)14-23-18-10-8-16(9-11-18)19(22)21(4)13-17-7-5-6-12-20(17)3/h8-11,17H,1,5-7,12-14H2,2-4H3/t17-/m1/s1. The third-order valence-corrected chi connectivity index (χ3v) is 4.34. The molecule has 1 heterocycles. The third kappa shape index (κ3) is 5.10. The van der Waals surface area contributed by atoms with Gasteiger partial charge in [0.2, 0.25) is 0 Å². The van der Waals surface area contributed by atoms with E-state index in [1.54, 1.807) is 0 Å². The minimum absolute atomic E-state index is 0.0652. The Balaban J connectivity index is 1.92. The van der Waals surface area contributed by atoms with Gasteiger partial charge in [0.1, 0.15) is 12.4 Å². The highest BCUT2D eigenvalue weighted by molar-refractivity contribution is 5.94. The zero-order valence-corrected chi connectivity index (χ0v) is 14.5. The summed E-state index contributed by atoms with van der Waals surface area (Å²) in [4.78, 5) is 16.7. The smallest absolute Gasteiger partial charge is 0.253 e. The number of nitrogens with zero attached hydrogens (tertiary/aromatic N) is 2. The highest BCUT2D eigenvalue weighted by atomic mass is 16.5. The van der Waals surface area contributed by atoms with Crippen molar-refractivity contribution in [3.63, 3.8) is 0 Å². The Bertz CT molecular complexity index is 539. The molecule has 4 heteroatoms. The molecule has 1 saturated heterocycles. The summed E-state index contributed by atoms with van der Waals surface area (Å²) < 4.78 is 5.57. The van der Waals surface area contributed by atoms with Gasteiger partial charge in [0.05, 0.1) is 0 Å². The molecule has 1 amide bonds. The third-order valence-electron chi connectivity index (χ3n) is 4.34. The van der Waals surface area contributed by atoms with Crippen LogP contribution in [0.3, 0.4) is 0 Å². The van der Waals surface area contributed by atoms with Gasteiger partial charge in [-0.3, -0.25) is 4.79 Å². The maximum Gasteiger partial charge on any atom is 0.253 e. The molecule has 23 heavy (non-hydrogen) atoms. The zero-order valence-electron chi connectivity index (χ0n) is 14.5. The van der Waals surface area contributed by atoms with E-state index in [0.29, 0.717) is 18.2 Å². The van der Waals surface area contributed by atoms with Crippen LogP contribution in [0, 0.1) is 0 Å². The molecule has 0 radical (unpaired) electrons. The summed E-state index contributed by atoms with van der Waals surface area (Å²) in [6, 6.07) is 7.82. The number of likely N-dealkylation sites (N-methyl/N-ethyl adjacent to an activating group) is 2. The van der Waals surface area contributed by atoms with E-state index in [4.69, 9.17) is 4.74 Å². The predicted octanol–water partition coefficient (Wildman–Crippen LogP) is 3.20. The van der Waals surface area contributed by atoms with Crippen LogP contribution in [0.4, 0.5) is 0 Å². The predicted molar refractivity (Wildman–Crippen MR) is 94.0 cm³/mol. The monoisotopic (exact) mass is 316 g/mol. The van der Waals surface area contributed by atoms with Crippen molar-refractivity contribution in [3.8, 4) is 5.75 Å². The fourth-order valence-corrected chi connectivity index (χ4v) is 2.89. The lowest BCUT2D eigenvalue weighted by atomic mass is 10.0. The van der Waals surface area contributed by atoms with Crippen LogP contribution >= 0.6 is 0 Å². The fourth-order valence-electron chi connectivity index (χ4n) is 2.89. The van der Waals surface area contributed by atoms with Crippen molar-refractivity contribution in [1.29, 1.82) is 0 Å². The number of carbonyl (C=O) groups excluding carboxylic acids is 1. The maximum atomic E-state index is 12.6. The minimum Gasteiger partial charge on any atom is -0.489 e. The van der Waals surface area contributed by atoms with E-state index in [1.807, 2.05) is 43.1 Å². The zero-order chi connectivity index (χ0) is 16.8. The molecule has 0 unspecified atom stereocenters. The normalized spacial score (nSPS) is 18.5. The summed E-state index contributed by atoms with van der Waals surface area (Å²) in [6.07, 6.45) is 3.68. The second kappa shape index (κ2) is 8.16. The molecule has 0 aliphatic carbocycles. The van der Waals surface area contributed by atoms with E-state index in [0.717, 1.165) is 24.4 Å². The van der Waals surface area contributed by atoms with Gasteiger partial charge in [0.15, 0.2) is 0 Å². The van der Waals surface area contributed by atoms with Gasteiger partial charge in [-0.15, -0.1) is 0 Å². The van der Waals surface area contributed by atoms with Crippen molar-refractivity contribution in [2.24, 2.45) is 0 Å². The number of hydrogen-bond acceptors (Lipinski definition) is 3. The van der Waals surface area contributed by atoms with E-state index >= 15 is 0 Å². The molecule has 1 aromatic carbocycles. The largest absolute Gasteiger partial charge is 0.489 e. The number of likely N-dealkylation sites (tertiary alicyclic amines) is 1. The van der Waals surface area contributed by atoms with Gasteiger partial charge in [-0.2, -0.15) is 0 Å². The Morgan fingerprint density at radius 1 is 1.35 bits per heavy atom. The van der Waals surface area contributed by atoms with Gasteiger partial charge < -0.3 is 14.5 Å². The highest BCUT2D eigenvalue weighted by Crippen LogP contribution is 2.18. The summed E-state index contributed by atoms with van der Waals surface area (Å²) in [5.74, 6) is 0.828. The minimum atomic E-state index is 0.0652. The molecule has 1 aromatic rings. The number of hydrogen-bond donors (Lipinski definition) is 0. The molecule has 4 nitrogen and oxygen atoms in total. The molecule has 0 N–H and O–H groups in total. The number of rotatable bonds is 6. The topological polar surface area (TPSA) is 32.8 Å². The molecular weight excluding hydrogens is 288 g/mol. The molecule has 1 fully saturated rings. The van der Waals surface area contributed by atoms with Gasteiger partial charge in [0, 0.05) is 25.2 Å². The first-order chi connectivity index (χ1) is 11.0. The number of amides is 1. The van der Waals surface area contributed by atoms with E-state index in [9.17, 15) is 4.79 Å². The Hall–Kier alpha value is -1.81. The molecular formula is C19H28N2O2. The average Bonchev–Trinajstić information content (AvgIpc) is 2.54. The van der Waals surface area contributed by atoms with Crippen LogP contribution in [0.5, 0.6) is 5.75 Å². The molecule has 1 aliphatic heterocycles. The Kier molecular flexibility index (Phi) is 6.22. The van der Waals surface area contributed by atoms with E-state index < -0.39 is 0 Å². The average molecular weight is 316 g/mol. The lowest BCUT2D eigenvalue weighted by Crippen LogP contribution is -2.45. The Morgan fingerprint density at radius 3 is 2.65 bits per heavy atom. The summed E-state index contributed by atoms with van der Waals surface area (Å²) in [7, 11) is 4.03. The van der Waals surface area contributed by atoms with Gasteiger partial charge in [-0.05, 0) is 63.2 Å². The van der Waals surface area contributed by atoms with Crippen LogP contribution in [-0.2, 0) is 0 Å².